The molecule has 0 saturated carbocycles. The van der Waals surface area contributed by atoms with Crippen molar-refractivity contribution in [3.8, 4) is 0 Å². The minimum atomic E-state index is -3.05. The molecule has 5 aromatic rings. The molecular weight excluding hydrogens is 735 g/mol. The van der Waals surface area contributed by atoms with Gasteiger partial charge in [0, 0.05) is 42.4 Å². The van der Waals surface area contributed by atoms with Crippen LogP contribution in [0.4, 0.5) is 8.78 Å². The fourth-order valence-electron chi connectivity index (χ4n) is 7.99. The van der Waals surface area contributed by atoms with Gasteiger partial charge in [-0.25, -0.2) is 8.78 Å². The van der Waals surface area contributed by atoms with Crippen LogP contribution in [-0.4, -0.2) is 52.4 Å². The normalized spacial score (nSPS) is 18.5. The summed E-state index contributed by atoms with van der Waals surface area (Å²) in [6.45, 7) is 0.815. The molecule has 0 bridgehead atoms. The van der Waals surface area contributed by atoms with Crippen molar-refractivity contribution in [1.82, 2.24) is 15.5 Å². The Kier molecular flexibility index (Phi) is 11.1. The molecule has 7 rings (SSSR count). The Labute approximate surface area is 327 Å². The van der Waals surface area contributed by atoms with Crippen molar-refractivity contribution in [1.29, 1.82) is 0 Å². The molecule has 0 unspecified atom stereocenters. The summed E-state index contributed by atoms with van der Waals surface area (Å²) in [6.07, 6.45) is 0.885. The Morgan fingerprint density at radius 1 is 0.893 bits per heavy atom. The Bertz CT molecular complexity index is 2240. The number of fused-ring (bicyclic) bond motifs is 4. The van der Waals surface area contributed by atoms with Gasteiger partial charge < -0.3 is 21.3 Å². The maximum Gasteiger partial charge on any atom is 0.270 e. The predicted molar refractivity (Wildman–Crippen MR) is 210 cm³/mol. The number of amides is 4. The first-order valence-corrected chi connectivity index (χ1v) is 19.5. The number of hydrogen-bond donors (Lipinski definition) is 3. The van der Waals surface area contributed by atoms with Crippen LogP contribution in [0.3, 0.4) is 0 Å². The zero-order chi connectivity index (χ0) is 39.6. The second-order valence-corrected chi connectivity index (χ2v) is 15.7. The van der Waals surface area contributed by atoms with Gasteiger partial charge in [0.2, 0.25) is 17.7 Å². The highest BCUT2D eigenvalue weighted by Gasteiger charge is 2.47. The van der Waals surface area contributed by atoms with Crippen LogP contribution < -0.4 is 16.4 Å². The van der Waals surface area contributed by atoms with Gasteiger partial charge in [-0.3, -0.25) is 24.0 Å². The molecular formula is C44H42F2N4O5S. The maximum atomic E-state index is 14.5. The molecule has 4 aromatic carbocycles. The lowest BCUT2D eigenvalue weighted by Gasteiger charge is -2.32. The highest BCUT2D eigenvalue weighted by molar-refractivity contribution is 7.20. The molecule has 9 nitrogen and oxygen atoms in total. The van der Waals surface area contributed by atoms with Crippen LogP contribution >= 0.6 is 11.3 Å². The third-order valence-corrected chi connectivity index (χ3v) is 11.9. The molecule has 4 amide bonds. The first kappa shape index (κ1) is 38.5. The molecule has 4 atom stereocenters. The minimum Gasteiger partial charge on any atom is -0.370 e. The Morgan fingerprint density at radius 3 is 2.21 bits per heavy atom. The van der Waals surface area contributed by atoms with Gasteiger partial charge in [0.25, 0.3) is 11.8 Å². The van der Waals surface area contributed by atoms with E-state index in [2.05, 4.69) is 10.6 Å². The number of nitrogens with one attached hydrogen (secondary N) is 2. The number of carbonyl (C=O) groups is 5. The molecule has 1 fully saturated rings. The van der Waals surface area contributed by atoms with Gasteiger partial charge in [-0.15, -0.1) is 11.3 Å². The highest BCUT2D eigenvalue weighted by Crippen LogP contribution is 2.41. The average molecular weight is 777 g/mol. The molecule has 56 heavy (non-hydrogen) atoms. The summed E-state index contributed by atoms with van der Waals surface area (Å²) in [6, 6.07) is 29.0. The van der Waals surface area contributed by atoms with Crippen LogP contribution in [-0.2, 0) is 31.5 Å². The van der Waals surface area contributed by atoms with Crippen molar-refractivity contribution in [3.63, 3.8) is 0 Å². The van der Waals surface area contributed by atoms with E-state index >= 15 is 0 Å². The fourth-order valence-corrected chi connectivity index (χ4v) is 8.94. The lowest BCUT2D eigenvalue weighted by atomic mass is 9.85. The summed E-state index contributed by atoms with van der Waals surface area (Å²) in [5.41, 5.74) is 8.92. The van der Waals surface area contributed by atoms with Crippen LogP contribution in [0.5, 0.6) is 0 Å². The molecule has 0 aliphatic carbocycles. The summed E-state index contributed by atoms with van der Waals surface area (Å²) in [5.74, 6) is -5.75. The van der Waals surface area contributed by atoms with Crippen molar-refractivity contribution in [2.75, 3.05) is 0 Å². The third kappa shape index (κ3) is 8.25. The average Bonchev–Trinajstić information content (AvgIpc) is 3.81. The number of nitrogens with zero attached hydrogens (tertiary/aromatic N) is 1. The lowest BCUT2D eigenvalue weighted by molar-refractivity contribution is -0.142. The summed E-state index contributed by atoms with van der Waals surface area (Å²) in [5, 5.41) is 6.28. The minimum absolute atomic E-state index is 0.00558. The van der Waals surface area contributed by atoms with E-state index in [1.165, 1.54) is 23.1 Å². The summed E-state index contributed by atoms with van der Waals surface area (Å²) in [4.78, 5) is 70.4. The third-order valence-electron chi connectivity index (χ3n) is 10.8. The molecule has 12 heteroatoms. The zero-order valence-electron chi connectivity index (χ0n) is 30.8. The maximum absolute atomic E-state index is 14.5. The SMILES string of the molecule is CC(F)(F)c1ccc2sc(C(=O)N[C@H]3Cc4ccccc4[C@H]4CC[C@@H](C(=O)N[C@@H](CCC(N)=O)C(=O)CC(c5ccccc5)c5ccccc5)N4C3=O)cc2c1. The van der Waals surface area contributed by atoms with Crippen LogP contribution in [0.15, 0.2) is 109 Å². The van der Waals surface area contributed by atoms with E-state index in [-0.39, 0.29) is 47.8 Å². The number of alkyl halides is 2. The van der Waals surface area contributed by atoms with Crippen molar-refractivity contribution < 1.29 is 32.8 Å². The van der Waals surface area contributed by atoms with Gasteiger partial charge in [-0.05, 0) is 65.1 Å². The number of hydrogen-bond acceptors (Lipinski definition) is 6. The number of thiophene rings is 1. The predicted octanol–water partition coefficient (Wildman–Crippen LogP) is 6.94. The number of halogens is 2. The number of ketones is 1. The van der Waals surface area contributed by atoms with Crippen LogP contribution in [0, 0.1) is 0 Å². The molecule has 2 aliphatic heterocycles. The molecule has 3 heterocycles. The second-order valence-electron chi connectivity index (χ2n) is 14.6. The number of primary amides is 1. The van der Waals surface area contributed by atoms with E-state index in [1.807, 2.05) is 84.9 Å². The van der Waals surface area contributed by atoms with Crippen LogP contribution in [0.25, 0.3) is 10.1 Å². The van der Waals surface area contributed by atoms with Gasteiger partial charge in [0.1, 0.15) is 12.1 Å². The summed E-state index contributed by atoms with van der Waals surface area (Å²) < 4.78 is 28.7. The van der Waals surface area contributed by atoms with Crippen molar-refractivity contribution >= 4 is 50.8 Å². The van der Waals surface area contributed by atoms with Crippen LogP contribution in [0.1, 0.15) is 88.5 Å². The van der Waals surface area contributed by atoms with Gasteiger partial charge in [-0.2, -0.15) is 0 Å². The first-order valence-electron chi connectivity index (χ1n) is 18.7. The second kappa shape index (κ2) is 16.2. The molecule has 0 spiro atoms. The number of benzene rings is 4. The monoisotopic (exact) mass is 776 g/mol. The summed E-state index contributed by atoms with van der Waals surface area (Å²) >= 11 is 1.14. The number of Topliss-reactive ketones (excluding diaryl/α,β-unsaturated/α-hetero) is 1. The van der Waals surface area contributed by atoms with Crippen molar-refractivity contribution in [2.24, 2.45) is 5.73 Å². The van der Waals surface area contributed by atoms with Gasteiger partial charge >= 0.3 is 0 Å². The number of carbonyl (C=O) groups excluding carboxylic acids is 5. The molecule has 288 valence electrons. The van der Waals surface area contributed by atoms with Gasteiger partial charge in [-0.1, -0.05) is 91.0 Å². The summed E-state index contributed by atoms with van der Waals surface area (Å²) in [7, 11) is 0. The molecule has 0 radical (unpaired) electrons. The topological polar surface area (TPSA) is 139 Å². The molecule has 2 aliphatic rings. The van der Waals surface area contributed by atoms with E-state index in [1.54, 1.807) is 6.07 Å². The zero-order valence-corrected chi connectivity index (χ0v) is 31.6. The van der Waals surface area contributed by atoms with Crippen molar-refractivity contribution in [2.45, 2.75) is 81.5 Å². The lowest BCUT2D eigenvalue weighted by Crippen LogP contribution is -2.55. The van der Waals surface area contributed by atoms with Gasteiger partial charge in [0.05, 0.1) is 17.0 Å². The quantitative estimate of drug-likeness (QED) is 0.119. The number of rotatable bonds is 13. The molecule has 1 aromatic heterocycles. The number of nitrogens with two attached hydrogens (primary N) is 1. The first-order chi connectivity index (χ1) is 26.9. The fraction of sp³-hybridized carbons (Fsp3) is 0.295. The molecule has 4 N–H and O–H groups in total. The van der Waals surface area contributed by atoms with E-state index in [9.17, 15) is 32.8 Å². The van der Waals surface area contributed by atoms with E-state index in [4.69, 9.17) is 5.73 Å². The van der Waals surface area contributed by atoms with E-state index in [0.29, 0.717) is 22.9 Å². The standard InChI is InChI=1S/C44H42F2N4O5S/c1-44(45,46)30-16-20-38-29(22-30)24-39(56-38)42(54)49-34-23-28-14-8-9-15-31(28)35-18-19-36(50(35)43(34)55)41(53)48-33(17-21-40(47)52)37(51)25-32(26-10-4-2-5-11-26)27-12-6-3-7-13-27/h2-16,20,22,24,32-36H,17-19,21,23,25H2,1H3,(H2,47,52)(H,48,53)(H,49,54)/t33-,34-,35+,36-/m0/s1. The van der Waals surface area contributed by atoms with Crippen molar-refractivity contribution in [3.05, 3.63) is 142 Å². The Hall–Kier alpha value is -5.75. The van der Waals surface area contributed by atoms with E-state index < -0.39 is 53.7 Å². The van der Waals surface area contributed by atoms with E-state index in [0.717, 1.165) is 40.5 Å². The molecule has 1 saturated heterocycles. The van der Waals surface area contributed by atoms with Crippen LogP contribution in [0.2, 0.25) is 0 Å². The Morgan fingerprint density at radius 2 is 1.55 bits per heavy atom. The smallest absolute Gasteiger partial charge is 0.270 e. The largest absolute Gasteiger partial charge is 0.370 e. The Balaban J connectivity index is 1.13. The highest BCUT2D eigenvalue weighted by atomic mass is 32.1. The van der Waals surface area contributed by atoms with Gasteiger partial charge in [0.15, 0.2) is 5.78 Å².